The molecule has 0 bridgehead atoms. The number of nitrogens with zero attached hydrogens (tertiary/aromatic N) is 3. The smallest absolute Gasteiger partial charge is 0.313 e. The number of rotatable bonds is 7. The lowest BCUT2D eigenvalue weighted by Crippen LogP contribution is -2.16. The molecule has 0 saturated carbocycles. The summed E-state index contributed by atoms with van der Waals surface area (Å²) in [6, 6.07) is 7.70. The van der Waals surface area contributed by atoms with Crippen molar-refractivity contribution >= 4 is 34.7 Å². The number of anilines is 3. The second kappa shape index (κ2) is 8.19. The average Bonchev–Trinajstić information content (AvgIpc) is 3.07. The van der Waals surface area contributed by atoms with Crippen LogP contribution in [0.1, 0.15) is 17.3 Å². The maximum atomic E-state index is 13.1. The van der Waals surface area contributed by atoms with Crippen LogP contribution in [0, 0.1) is 22.9 Å². The first-order chi connectivity index (χ1) is 13.4. The van der Waals surface area contributed by atoms with E-state index in [2.05, 4.69) is 25.8 Å². The minimum Gasteiger partial charge on any atom is -0.394 e. The molecule has 4 N–H and O–H groups in total. The zero-order chi connectivity index (χ0) is 20.3. The lowest BCUT2D eigenvalue weighted by Gasteiger charge is -2.19. The Bertz CT molecular complexity index is 995. The predicted octanol–water partition coefficient (Wildman–Crippen LogP) is 3.70. The normalized spacial score (nSPS) is 11.9. The van der Waals surface area contributed by atoms with Crippen molar-refractivity contribution in [3.05, 3.63) is 68.6 Å². The quantitative estimate of drug-likeness (QED) is 0.347. The first kappa shape index (κ1) is 19.5. The summed E-state index contributed by atoms with van der Waals surface area (Å²) in [5, 5.41) is 33.4. The number of aliphatic hydroxyl groups is 1. The van der Waals surface area contributed by atoms with Crippen LogP contribution in [0.4, 0.5) is 27.5 Å². The van der Waals surface area contributed by atoms with Gasteiger partial charge in [0.15, 0.2) is 5.82 Å². The largest absolute Gasteiger partial charge is 0.394 e. The van der Waals surface area contributed by atoms with Gasteiger partial charge in [-0.05, 0) is 24.6 Å². The van der Waals surface area contributed by atoms with E-state index < -0.39 is 16.8 Å². The number of aliphatic hydroxyl groups excluding tert-OH is 1. The molecule has 1 atom stereocenters. The summed E-state index contributed by atoms with van der Waals surface area (Å²) in [4.78, 5) is 14.9. The Kier molecular flexibility index (Phi) is 5.71. The number of aromatic amines is 1. The Morgan fingerprint density at radius 2 is 2.04 bits per heavy atom. The van der Waals surface area contributed by atoms with Gasteiger partial charge < -0.3 is 15.7 Å². The zero-order valence-electron chi connectivity index (χ0n) is 14.6. The molecule has 3 rings (SSSR count). The van der Waals surface area contributed by atoms with Gasteiger partial charge in [0.25, 0.3) is 0 Å². The number of aryl methyl sites for hydroxylation is 1. The molecule has 0 unspecified atom stereocenters. The van der Waals surface area contributed by atoms with Crippen LogP contribution in [0.15, 0.2) is 36.4 Å². The Morgan fingerprint density at radius 3 is 2.61 bits per heavy atom. The van der Waals surface area contributed by atoms with Gasteiger partial charge in [-0.1, -0.05) is 23.7 Å². The van der Waals surface area contributed by atoms with E-state index in [1.807, 2.05) is 0 Å². The summed E-state index contributed by atoms with van der Waals surface area (Å²) in [7, 11) is 0. The van der Waals surface area contributed by atoms with Gasteiger partial charge in [0.2, 0.25) is 5.82 Å². The first-order valence-electron chi connectivity index (χ1n) is 8.14. The first-order valence-corrected chi connectivity index (χ1v) is 8.52. The fourth-order valence-corrected chi connectivity index (χ4v) is 2.71. The Labute approximate surface area is 163 Å². The summed E-state index contributed by atoms with van der Waals surface area (Å²) in [6.07, 6.45) is 0. The average molecular weight is 407 g/mol. The van der Waals surface area contributed by atoms with Crippen LogP contribution in [0.2, 0.25) is 5.02 Å². The fourth-order valence-electron chi connectivity index (χ4n) is 2.51. The van der Waals surface area contributed by atoms with Gasteiger partial charge in [-0.2, -0.15) is 5.10 Å². The van der Waals surface area contributed by atoms with E-state index in [0.29, 0.717) is 11.4 Å². The number of halogens is 2. The molecule has 0 radical (unpaired) electrons. The van der Waals surface area contributed by atoms with Gasteiger partial charge in [0.05, 0.1) is 22.6 Å². The third-order valence-corrected chi connectivity index (χ3v) is 4.16. The van der Waals surface area contributed by atoms with Crippen molar-refractivity contribution in [3.8, 4) is 0 Å². The number of nitro groups is 1. The summed E-state index contributed by atoms with van der Waals surface area (Å²) < 4.78 is 13.1. The summed E-state index contributed by atoms with van der Waals surface area (Å²) in [5.41, 5.74) is 1.02. The van der Waals surface area contributed by atoms with E-state index >= 15 is 0 Å². The molecule has 0 aliphatic rings. The van der Waals surface area contributed by atoms with Crippen molar-refractivity contribution in [2.75, 3.05) is 17.2 Å². The van der Waals surface area contributed by atoms with E-state index in [1.54, 1.807) is 13.0 Å². The highest BCUT2D eigenvalue weighted by molar-refractivity contribution is 6.33. The van der Waals surface area contributed by atoms with Gasteiger partial charge in [-0.15, -0.1) is 0 Å². The van der Waals surface area contributed by atoms with E-state index in [1.165, 1.54) is 24.3 Å². The fraction of sp³-hybridized carbons (Fsp3) is 0.176. The number of aromatic nitrogens is 3. The molecule has 3 aromatic rings. The molecule has 9 nitrogen and oxygen atoms in total. The molecule has 1 aromatic carbocycles. The summed E-state index contributed by atoms with van der Waals surface area (Å²) in [6.45, 7) is 1.45. The van der Waals surface area contributed by atoms with Gasteiger partial charge in [-0.25, -0.2) is 9.37 Å². The lowest BCUT2D eigenvalue weighted by molar-refractivity contribution is -0.384. The van der Waals surface area contributed by atoms with E-state index in [9.17, 15) is 19.6 Å². The number of benzene rings is 1. The molecule has 0 spiro atoms. The molecule has 0 saturated heterocycles. The second-order valence-electron chi connectivity index (χ2n) is 5.94. The molecule has 11 heteroatoms. The lowest BCUT2D eigenvalue weighted by atomic mass is 10.1. The van der Waals surface area contributed by atoms with Crippen molar-refractivity contribution in [1.82, 2.24) is 15.2 Å². The second-order valence-corrected chi connectivity index (χ2v) is 6.34. The van der Waals surface area contributed by atoms with Crippen LogP contribution < -0.4 is 10.6 Å². The number of pyridine rings is 1. The third kappa shape index (κ3) is 4.35. The van der Waals surface area contributed by atoms with Crippen molar-refractivity contribution < 1.29 is 14.4 Å². The van der Waals surface area contributed by atoms with Gasteiger partial charge in [-0.3, -0.25) is 15.2 Å². The van der Waals surface area contributed by atoms with Crippen LogP contribution in [0.25, 0.3) is 0 Å². The molecule has 146 valence electrons. The van der Waals surface area contributed by atoms with Crippen molar-refractivity contribution in [3.63, 3.8) is 0 Å². The number of hydrogen-bond donors (Lipinski definition) is 4. The van der Waals surface area contributed by atoms with Gasteiger partial charge >= 0.3 is 5.69 Å². The predicted molar refractivity (Wildman–Crippen MR) is 102 cm³/mol. The molecule has 0 fully saturated rings. The maximum Gasteiger partial charge on any atom is 0.313 e. The highest BCUT2D eigenvalue weighted by Gasteiger charge is 2.22. The molecule has 0 aliphatic heterocycles. The molecule has 2 heterocycles. The molecule has 0 aliphatic carbocycles. The third-order valence-electron chi connectivity index (χ3n) is 3.87. The highest BCUT2D eigenvalue weighted by Crippen LogP contribution is 2.34. The monoisotopic (exact) mass is 406 g/mol. The minimum atomic E-state index is -0.646. The highest BCUT2D eigenvalue weighted by atomic mass is 35.5. The van der Waals surface area contributed by atoms with Crippen molar-refractivity contribution in [2.24, 2.45) is 0 Å². The van der Waals surface area contributed by atoms with E-state index in [0.717, 1.165) is 11.8 Å². The standard InChI is InChI=1S/C17H16ClFN6O3/c1-9-6-15(24-23-9)21-17-14(25(27)28)7-12(18)16(22-17)20-13(8-26)10-2-4-11(19)5-3-10/h2-7,13,26H,8H2,1H3,(H3,20,21,22,23,24)/t13-/m0/s1. The molecule has 28 heavy (non-hydrogen) atoms. The van der Waals surface area contributed by atoms with Crippen LogP contribution in [-0.4, -0.2) is 31.8 Å². The zero-order valence-corrected chi connectivity index (χ0v) is 15.4. The van der Waals surface area contributed by atoms with Crippen LogP contribution in [0.5, 0.6) is 0 Å². The van der Waals surface area contributed by atoms with Crippen LogP contribution in [0.3, 0.4) is 0 Å². The SMILES string of the molecule is Cc1cc(Nc2nc(N[C@@H](CO)c3ccc(F)cc3)c(Cl)cc2[N+](=O)[O-])n[nH]1. The number of H-pyrrole nitrogens is 1. The summed E-state index contributed by atoms with van der Waals surface area (Å²) in [5.74, 6) is -0.0177. The molecular weight excluding hydrogens is 391 g/mol. The maximum absolute atomic E-state index is 13.1. The van der Waals surface area contributed by atoms with Crippen molar-refractivity contribution in [1.29, 1.82) is 0 Å². The molecule has 2 aromatic heterocycles. The molecule has 0 amide bonds. The minimum absolute atomic E-state index is 0.00369. The Morgan fingerprint density at radius 1 is 1.32 bits per heavy atom. The van der Waals surface area contributed by atoms with E-state index in [4.69, 9.17) is 11.6 Å². The van der Waals surface area contributed by atoms with Crippen LogP contribution in [-0.2, 0) is 0 Å². The number of hydrogen-bond acceptors (Lipinski definition) is 7. The summed E-state index contributed by atoms with van der Waals surface area (Å²) >= 11 is 6.15. The Hall–Kier alpha value is -3.24. The van der Waals surface area contributed by atoms with Crippen LogP contribution >= 0.6 is 11.6 Å². The van der Waals surface area contributed by atoms with Gasteiger partial charge in [0, 0.05) is 17.8 Å². The Balaban J connectivity index is 1.94. The molecular formula is C17H16ClFN6O3. The number of nitrogens with one attached hydrogen (secondary N) is 3. The van der Waals surface area contributed by atoms with Gasteiger partial charge in [0.1, 0.15) is 11.6 Å². The topological polar surface area (TPSA) is 129 Å². The van der Waals surface area contributed by atoms with E-state index in [-0.39, 0.29) is 29.0 Å². The van der Waals surface area contributed by atoms with Crippen molar-refractivity contribution in [2.45, 2.75) is 13.0 Å².